The highest BCUT2D eigenvalue weighted by Crippen LogP contribution is 2.30. The highest BCUT2D eigenvalue weighted by Gasteiger charge is 2.10. The van der Waals surface area contributed by atoms with Gasteiger partial charge in [0.05, 0.1) is 0 Å². The van der Waals surface area contributed by atoms with Crippen LogP contribution in [0.3, 0.4) is 0 Å². The van der Waals surface area contributed by atoms with Crippen LogP contribution in [0, 0.1) is 5.82 Å². The van der Waals surface area contributed by atoms with Gasteiger partial charge in [0.15, 0.2) is 5.78 Å². The molecule has 0 fully saturated rings. The minimum absolute atomic E-state index is 0.0653. The monoisotopic (exact) mass is 307 g/mol. The number of halogens is 2. The summed E-state index contributed by atoms with van der Waals surface area (Å²) in [6.45, 7) is 1.47. The van der Waals surface area contributed by atoms with E-state index in [-0.39, 0.29) is 11.6 Å². The minimum Gasteiger partial charge on any atom is -0.398 e. The molecule has 0 spiro atoms. The van der Waals surface area contributed by atoms with Gasteiger partial charge in [-0.3, -0.25) is 4.79 Å². The molecule has 0 aliphatic heterocycles. The maximum atomic E-state index is 13.8. The normalized spacial score (nSPS) is 10.4. The Morgan fingerprint density at radius 1 is 1.17 bits per heavy atom. The summed E-state index contributed by atoms with van der Waals surface area (Å²) in [4.78, 5) is 11.2. The van der Waals surface area contributed by atoms with Crippen molar-refractivity contribution in [3.05, 3.63) is 52.3 Å². The van der Waals surface area contributed by atoms with Gasteiger partial charge in [-0.05, 0) is 25.1 Å². The van der Waals surface area contributed by atoms with Crippen LogP contribution >= 0.6 is 15.9 Å². The third-order valence-electron chi connectivity index (χ3n) is 2.68. The van der Waals surface area contributed by atoms with Crippen molar-refractivity contribution in [2.45, 2.75) is 6.92 Å². The van der Waals surface area contributed by atoms with Crippen LogP contribution in [-0.4, -0.2) is 5.78 Å². The molecule has 4 heteroatoms. The molecule has 0 unspecified atom stereocenters. The van der Waals surface area contributed by atoms with Gasteiger partial charge < -0.3 is 5.73 Å². The van der Waals surface area contributed by atoms with Crippen LogP contribution in [0.2, 0.25) is 0 Å². The van der Waals surface area contributed by atoms with Gasteiger partial charge in [-0.25, -0.2) is 4.39 Å². The summed E-state index contributed by atoms with van der Waals surface area (Å²) in [6, 6.07) is 9.66. The largest absolute Gasteiger partial charge is 0.398 e. The Morgan fingerprint density at radius 3 is 2.39 bits per heavy atom. The zero-order valence-electron chi connectivity index (χ0n) is 9.71. The average Bonchev–Trinajstić information content (AvgIpc) is 2.30. The van der Waals surface area contributed by atoms with E-state index in [1.54, 1.807) is 30.3 Å². The van der Waals surface area contributed by atoms with Gasteiger partial charge in [0, 0.05) is 26.9 Å². The first-order valence-corrected chi connectivity index (χ1v) is 6.14. The van der Waals surface area contributed by atoms with E-state index in [0.29, 0.717) is 26.9 Å². The van der Waals surface area contributed by atoms with Gasteiger partial charge in [0.25, 0.3) is 0 Å². The number of carbonyl (C=O) groups is 1. The van der Waals surface area contributed by atoms with E-state index >= 15 is 0 Å². The molecule has 0 amide bonds. The number of ketones is 1. The topological polar surface area (TPSA) is 43.1 Å². The van der Waals surface area contributed by atoms with Crippen molar-refractivity contribution in [2.24, 2.45) is 0 Å². The van der Waals surface area contributed by atoms with E-state index < -0.39 is 0 Å². The summed E-state index contributed by atoms with van der Waals surface area (Å²) < 4.78 is 14.5. The molecule has 0 saturated heterocycles. The fourth-order valence-corrected chi connectivity index (χ4v) is 2.07. The van der Waals surface area contributed by atoms with E-state index in [2.05, 4.69) is 15.9 Å². The second-order valence-corrected chi connectivity index (χ2v) is 4.90. The molecule has 0 heterocycles. The van der Waals surface area contributed by atoms with Crippen LogP contribution in [0.5, 0.6) is 0 Å². The summed E-state index contributed by atoms with van der Waals surface area (Å²) in [7, 11) is 0. The lowest BCUT2D eigenvalue weighted by Gasteiger charge is -2.08. The van der Waals surface area contributed by atoms with E-state index in [1.807, 2.05) is 0 Å². The summed E-state index contributed by atoms with van der Waals surface area (Å²) in [5.74, 6) is -0.420. The molecular weight excluding hydrogens is 297 g/mol. The Bertz CT molecular complexity index is 625. The molecule has 0 atom stereocenters. The molecule has 2 aromatic rings. The SMILES string of the molecule is CC(=O)c1ccc(-c2ccc(Br)cc2F)c(N)c1. The predicted molar refractivity (Wildman–Crippen MR) is 74.0 cm³/mol. The first-order chi connectivity index (χ1) is 8.49. The zero-order chi connectivity index (χ0) is 13.3. The molecule has 0 aliphatic carbocycles. The Labute approximate surface area is 113 Å². The van der Waals surface area contributed by atoms with Crippen LogP contribution in [0.1, 0.15) is 17.3 Å². The van der Waals surface area contributed by atoms with Crippen LogP contribution in [0.15, 0.2) is 40.9 Å². The lowest BCUT2D eigenvalue weighted by molar-refractivity contribution is 0.101. The first kappa shape index (κ1) is 12.8. The van der Waals surface area contributed by atoms with E-state index in [9.17, 15) is 9.18 Å². The van der Waals surface area contributed by atoms with Crippen molar-refractivity contribution in [3.63, 3.8) is 0 Å². The third kappa shape index (κ3) is 2.43. The predicted octanol–water partition coefficient (Wildman–Crippen LogP) is 4.04. The Morgan fingerprint density at radius 2 is 1.83 bits per heavy atom. The van der Waals surface area contributed by atoms with Crippen molar-refractivity contribution < 1.29 is 9.18 Å². The Kier molecular flexibility index (Phi) is 3.48. The molecule has 0 aromatic heterocycles. The molecule has 2 rings (SSSR count). The summed E-state index contributed by atoms with van der Waals surface area (Å²) >= 11 is 3.20. The van der Waals surface area contributed by atoms with Crippen molar-refractivity contribution >= 4 is 27.4 Å². The quantitative estimate of drug-likeness (QED) is 0.672. The van der Waals surface area contributed by atoms with Crippen molar-refractivity contribution in [1.82, 2.24) is 0 Å². The van der Waals surface area contributed by atoms with Gasteiger partial charge >= 0.3 is 0 Å². The number of carbonyl (C=O) groups excluding carboxylic acids is 1. The lowest BCUT2D eigenvalue weighted by Crippen LogP contribution is -1.97. The second-order valence-electron chi connectivity index (χ2n) is 3.98. The molecule has 0 aliphatic rings. The molecular formula is C14H11BrFNO. The first-order valence-electron chi connectivity index (χ1n) is 5.35. The smallest absolute Gasteiger partial charge is 0.159 e. The average molecular weight is 308 g/mol. The highest BCUT2D eigenvalue weighted by atomic mass is 79.9. The number of Topliss-reactive ketones (excluding diaryl/α,β-unsaturated/α-hetero) is 1. The molecule has 0 bridgehead atoms. The summed E-state index contributed by atoms with van der Waals surface area (Å²) in [6.07, 6.45) is 0. The molecule has 0 saturated carbocycles. The number of nitrogen functional groups attached to an aromatic ring is 1. The summed E-state index contributed by atoms with van der Waals surface area (Å²) in [5, 5.41) is 0. The number of hydrogen-bond acceptors (Lipinski definition) is 2. The zero-order valence-corrected chi connectivity index (χ0v) is 11.3. The number of rotatable bonds is 2. The Balaban J connectivity index is 2.54. The maximum Gasteiger partial charge on any atom is 0.159 e. The van der Waals surface area contributed by atoms with Gasteiger partial charge in [-0.15, -0.1) is 0 Å². The van der Waals surface area contributed by atoms with Crippen LogP contribution < -0.4 is 5.73 Å². The molecule has 92 valence electrons. The second kappa shape index (κ2) is 4.90. The van der Waals surface area contributed by atoms with Crippen molar-refractivity contribution in [3.8, 4) is 11.1 Å². The molecule has 18 heavy (non-hydrogen) atoms. The van der Waals surface area contributed by atoms with E-state index in [0.717, 1.165) is 0 Å². The van der Waals surface area contributed by atoms with E-state index in [4.69, 9.17) is 5.73 Å². The number of hydrogen-bond donors (Lipinski definition) is 1. The highest BCUT2D eigenvalue weighted by molar-refractivity contribution is 9.10. The van der Waals surface area contributed by atoms with Gasteiger partial charge in [0.2, 0.25) is 0 Å². The fraction of sp³-hybridized carbons (Fsp3) is 0.0714. The lowest BCUT2D eigenvalue weighted by atomic mass is 10.00. The van der Waals surface area contributed by atoms with Crippen LogP contribution in [0.4, 0.5) is 10.1 Å². The number of benzene rings is 2. The number of anilines is 1. The molecule has 2 aromatic carbocycles. The van der Waals surface area contributed by atoms with Gasteiger partial charge in [-0.1, -0.05) is 34.1 Å². The standard InChI is InChI=1S/C14H11BrFNO/c1-8(18)9-2-4-12(14(17)6-9)11-5-3-10(15)7-13(11)16/h2-7H,17H2,1H3. The Hall–Kier alpha value is -1.68. The summed E-state index contributed by atoms with van der Waals surface area (Å²) in [5.41, 5.74) is 7.79. The van der Waals surface area contributed by atoms with Crippen molar-refractivity contribution in [2.75, 3.05) is 5.73 Å². The molecule has 2 nitrogen and oxygen atoms in total. The van der Waals surface area contributed by atoms with E-state index in [1.165, 1.54) is 13.0 Å². The third-order valence-corrected chi connectivity index (χ3v) is 3.17. The van der Waals surface area contributed by atoms with Gasteiger partial charge in [0.1, 0.15) is 5.82 Å². The number of nitrogens with two attached hydrogens (primary N) is 1. The molecule has 0 radical (unpaired) electrons. The minimum atomic E-state index is -0.355. The maximum absolute atomic E-state index is 13.8. The van der Waals surface area contributed by atoms with Crippen molar-refractivity contribution in [1.29, 1.82) is 0 Å². The fourth-order valence-electron chi connectivity index (χ4n) is 1.73. The van der Waals surface area contributed by atoms with Crippen LogP contribution in [-0.2, 0) is 0 Å². The van der Waals surface area contributed by atoms with Gasteiger partial charge in [-0.2, -0.15) is 0 Å². The molecule has 2 N–H and O–H groups in total. The van der Waals surface area contributed by atoms with Crippen LogP contribution in [0.25, 0.3) is 11.1 Å².